The van der Waals surface area contributed by atoms with Crippen molar-refractivity contribution in [1.82, 2.24) is 14.7 Å². The predicted molar refractivity (Wildman–Crippen MR) is 170 cm³/mol. The summed E-state index contributed by atoms with van der Waals surface area (Å²) in [6, 6.07) is 19.5. The molecule has 0 aliphatic carbocycles. The minimum atomic E-state index is -1.90. The van der Waals surface area contributed by atoms with E-state index in [-0.39, 0.29) is 37.1 Å². The van der Waals surface area contributed by atoms with Gasteiger partial charge in [0.2, 0.25) is 5.91 Å². The van der Waals surface area contributed by atoms with Gasteiger partial charge in [0, 0.05) is 29.8 Å². The number of ether oxygens (including phenoxy) is 1. The fourth-order valence-corrected chi connectivity index (χ4v) is 6.44. The number of benzene rings is 3. The second-order valence-electron chi connectivity index (χ2n) is 11.6. The van der Waals surface area contributed by atoms with Crippen molar-refractivity contribution in [3.8, 4) is 11.4 Å². The second-order valence-corrected chi connectivity index (χ2v) is 11.6. The molecule has 0 unspecified atom stereocenters. The van der Waals surface area contributed by atoms with Crippen molar-refractivity contribution in [3.63, 3.8) is 0 Å². The molecule has 0 radical (unpaired) electrons. The Balaban J connectivity index is 1.28. The van der Waals surface area contributed by atoms with Gasteiger partial charge < -0.3 is 24.7 Å². The van der Waals surface area contributed by atoms with Crippen LogP contribution in [0.4, 0.5) is 5.69 Å². The van der Waals surface area contributed by atoms with Crippen LogP contribution in [0.5, 0.6) is 5.75 Å². The smallest absolute Gasteiger partial charge is 0.279 e. The number of aromatic nitrogens is 2. The molecule has 45 heavy (non-hydrogen) atoms. The third-order valence-corrected chi connectivity index (χ3v) is 8.95. The Morgan fingerprint density at radius 2 is 1.96 bits per heavy atom. The van der Waals surface area contributed by atoms with Crippen LogP contribution in [0.15, 0.2) is 89.9 Å². The standard InChI is InChI=1S/C35H36N4O6/c1-23(8-5-14-32(41)37-17-7-12-27(37)22-40)35(44)30-19-28(45-2)15-16-31(30)38(34(35)43)21-24-9-6-11-26(18-24)39-33(42)29-13-4-3-10-25(29)20-36-39/h3-6,8-11,13,15-16,18-20,23,27,40,44H,7,12,14,17,21-22H2,1-2H3/b8-5+/t23-,27+,35+/m1/s1. The molecule has 3 aromatic carbocycles. The normalized spacial score (nSPS) is 20.3. The van der Waals surface area contributed by atoms with Gasteiger partial charge in [-0.05, 0) is 54.8 Å². The zero-order valence-corrected chi connectivity index (χ0v) is 25.3. The van der Waals surface area contributed by atoms with Crippen LogP contribution in [0.2, 0.25) is 0 Å². The molecule has 0 saturated carbocycles. The third kappa shape index (κ3) is 5.40. The van der Waals surface area contributed by atoms with Crippen molar-refractivity contribution < 1.29 is 24.5 Å². The Bertz CT molecular complexity index is 1850. The quantitative estimate of drug-likeness (QED) is 0.278. The number of amides is 2. The van der Waals surface area contributed by atoms with E-state index in [0.29, 0.717) is 34.6 Å². The maximum atomic E-state index is 14.1. The number of carbonyl (C=O) groups is 2. The van der Waals surface area contributed by atoms with E-state index in [1.54, 1.807) is 66.6 Å². The molecule has 1 aromatic heterocycles. The van der Waals surface area contributed by atoms with Crippen LogP contribution in [-0.2, 0) is 21.7 Å². The lowest BCUT2D eigenvalue weighted by Crippen LogP contribution is -2.44. The van der Waals surface area contributed by atoms with Crippen molar-refractivity contribution in [2.75, 3.05) is 25.2 Å². The van der Waals surface area contributed by atoms with Gasteiger partial charge in [0.05, 0.1) is 49.3 Å². The van der Waals surface area contributed by atoms with Crippen LogP contribution in [-0.4, -0.2) is 63.0 Å². The predicted octanol–water partition coefficient (Wildman–Crippen LogP) is 3.69. The van der Waals surface area contributed by atoms with E-state index in [4.69, 9.17) is 4.74 Å². The summed E-state index contributed by atoms with van der Waals surface area (Å²) in [6.07, 6.45) is 6.78. The minimum absolute atomic E-state index is 0.0625. The van der Waals surface area contributed by atoms with Gasteiger partial charge in [-0.25, -0.2) is 0 Å². The third-order valence-electron chi connectivity index (χ3n) is 8.95. The summed E-state index contributed by atoms with van der Waals surface area (Å²) in [4.78, 5) is 43.3. The van der Waals surface area contributed by atoms with Gasteiger partial charge in [0.1, 0.15) is 5.75 Å². The number of methoxy groups -OCH3 is 1. The van der Waals surface area contributed by atoms with E-state index in [2.05, 4.69) is 5.10 Å². The van der Waals surface area contributed by atoms with Gasteiger partial charge in [-0.2, -0.15) is 9.78 Å². The maximum absolute atomic E-state index is 14.1. The molecule has 0 spiro atoms. The lowest BCUT2D eigenvalue weighted by Gasteiger charge is -2.28. The molecule has 232 valence electrons. The first kappa shape index (κ1) is 30.2. The van der Waals surface area contributed by atoms with Crippen molar-refractivity contribution in [2.45, 2.75) is 44.4 Å². The molecule has 2 aliphatic heterocycles. The van der Waals surface area contributed by atoms with E-state index in [1.807, 2.05) is 30.3 Å². The maximum Gasteiger partial charge on any atom is 0.279 e. The van der Waals surface area contributed by atoms with Crippen molar-refractivity contribution in [2.24, 2.45) is 5.92 Å². The molecule has 1 fully saturated rings. The summed E-state index contributed by atoms with van der Waals surface area (Å²) >= 11 is 0. The number of fused-ring (bicyclic) bond motifs is 2. The zero-order valence-electron chi connectivity index (χ0n) is 25.3. The Kier molecular flexibility index (Phi) is 8.26. The van der Waals surface area contributed by atoms with Gasteiger partial charge in [-0.1, -0.05) is 49.4 Å². The van der Waals surface area contributed by atoms with E-state index < -0.39 is 17.4 Å². The van der Waals surface area contributed by atoms with E-state index >= 15 is 0 Å². The van der Waals surface area contributed by atoms with Crippen LogP contribution in [0, 0.1) is 5.92 Å². The number of aliphatic hydroxyl groups excluding tert-OH is 1. The number of nitrogens with zero attached hydrogens (tertiary/aromatic N) is 4. The molecule has 0 bridgehead atoms. The fourth-order valence-electron chi connectivity index (χ4n) is 6.44. The van der Waals surface area contributed by atoms with Gasteiger partial charge in [0.25, 0.3) is 11.5 Å². The molecule has 10 heteroatoms. The Morgan fingerprint density at radius 1 is 1.13 bits per heavy atom. The number of aliphatic hydroxyl groups is 2. The molecule has 3 heterocycles. The van der Waals surface area contributed by atoms with Gasteiger partial charge in [0.15, 0.2) is 5.60 Å². The lowest BCUT2D eigenvalue weighted by atomic mass is 9.83. The first-order valence-electron chi connectivity index (χ1n) is 15.1. The Hall–Kier alpha value is -4.80. The molecule has 6 rings (SSSR count). The number of hydrogen-bond donors (Lipinski definition) is 2. The van der Waals surface area contributed by atoms with E-state index in [0.717, 1.165) is 23.8 Å². The Morgan fingerprint density at radius 3 is 2.76 bits per heavy atom. The molecule has 3 atom stereocenters. The number of rotatable bonds is 9. The molecule has 2 N–H and O–H groups in total. The largest absolute Gasteiger partial charge is 0.497 e. The molecular weight excluding hydrogens is 572 g/mol. The minimum Gasteiger partial charge on any atom is -0.497 e. The molecule has 1 saturated heterocycles. The summed E-state index contributed by atoms with van der Waals surface area (Å²) in [5.41, 5.74) is 0.117. The molecule has 2 amide bonds. The van der Waals surface area contributed by atoms with Crippen LogP contribution < -0.4 is 15.2 Å². The van der Waals surface area contributed by atoms with E-state index in [9.17, 15) is 24.6 Å². The Labute approximate surface area is 260 Å². The van der Waals surface area contributed by atoms with Gasteiger partial charge in [-0.3, -0.25) is 14.4 Å². The highest BCUT2D eigenvalue weighted by atomic mass is 16.5. The van der Waals surface area contributed by atoms with Crippen LogP contribution in [0.1, 0.15) is 37.3 Å². The number of hydrogen-bond acceptors (Lipinski definition) is 7. The molecule has 2 aliphatic rings. The molecule has 10 nitrogen and oxygen atoms in total. The topological polar surface area (TPSA) is 125 Å². The summed E-state index contributed by atoms with van der Waals surface area (Å²) in [5, 5.41) is 27.3. The average Bonchev–Trinajstić information content (AvgIpc) is 3.63. The number of anilines is 1. The highest BCUT2D eigenvalue weighted by molar-refractivity contribution is 6.07. The highest BCUT2D eigenvalue weighted by Gasteiger charge is 2.52. The zero-order chi connectivity index (χ0) is 31.7. The summed E-state index contributed by atoms with van der Waals surface area (Å²) in [5.74, 6) is -0.766. The summed E-state index contributed by atoms with van der Waals surface area (Å²) in [6.45, 7) is 2.44. The van der Waals surface area contributed by atoms with Crippen molar-refractivity contribution in [3.05, 3.63) is 107 Å². The highest BCUT2D eigenvalue weighted by Crippen LogP contribution is 2.47. The van der Waals surface area contributed by atoms with Gasteiger partial charge >= 0.3 is 0 Å². The van der Waals surface area contributed by atoms with Crippen LogP contribution >= 0.6 is 0 Å². The van der Waals surface area contributed by atoms with Crippen molar-refractivity contribution >= 4 is 28.3 Å². The lowest BCUT2D eigenvalue weighted by molar-refractivity contribution is -0.139. The first-order chi connectivity index (χ1) is 21.8. The first-order valence-corrected chi connectivity index (χ1v) is 15.1. The van der Waals surface area contributed by atoms with Crippen LogP contribution in [0.3, 0.4) is 0 Å². The fraction of sp³-hybridized carbons (Fsp3) is 0.314. The van der Waals surface area contributed by atoms with Gasteiger partial charge in [-0.15, -0.1) is 0 Å². The van der Waals surface area contributed by atoms with E-state index in [1.165, 1.54) is 16.7 Å². The van der Waals surface area contributed by atoms with Crippen molar-refractivity contribution in [1.29, 1.82) is 0 Å². The SMILES string of the molecule is COc1ccc2c(c1)[C@@](O)([C@H](C)/C=C/CC(=O)N1CCC[C@H]1CO)C(=O)N2Cc1cccc(-n2ncc3ccccc3c2=O)c1. The summed E-state index contributed by atoms with van der Waals surface area (Å²) in [7, 11) is 1.52. The molecule has 4 aromatic rings. The number of likely N-dealkylation sites (tertiary alicyclic amines) is 1. The monoisotopic (exact) mass is 608 g/mol. The van der Waals surface area contributed by atoms with Crippen LogP contribution in [0.25, 0.3) is 16.5 Å². The summed E-state index contributed by atoms with van der Waals surface area (Å²) < 4.78 is 6.77. The number of carbonyl (C=O) groups excluding carboxylic acids is 2. The average molecular weight is 609 g/mol. The molecular formula is C35H36N4O6. The second kappa shape index (κ2) is 12.3.